The van der Waals surface area contributed by atoms with E-state index in [4.69, 9.17) is 23.0 Å². The van der Waals surface area contributed by atoms with Crippen molar-refractivity contribution in [2.75, 3.05) is 33.0 Å². The van der Waals surface area contributed by atoms with E-state index in [9.17, 15) is 14.2 Å². The fraction of sp³-hybridized carbons (Fsp3) is 0.769. The van der Waals surface area contributed by atoms with Gasteiger partial charge in [0.05, 0.1) is 33.0 Å². The maximum atomic E-state index is 13.0. The lowest BCUT2D eigenvalue weighted by Gasteiger charge is -2.18. The molecular weight excluding hydrogens is 471 g/mol. The summed E-state index contributed by atoms with van der Waals surface area (Å²) in [5.41, 5.74) is 0. The fourth-order valence-electron chi connectivity index (χ4n) is 3.10. The number of ether oxygens (including phenoxy) is 2. The molecule has 0 atom stereocenters. The van der Waals surface area contributed by atoms with Gasteiger partial charge in [-0.2, -0.15) is 0 Å². The Balaban J connectivity index is 4.04. The third-order valence-electron chi connectivity index (χ3n) is 5.15. The van der Waals surface area contributed by atoms with Crippen molar-refractivity contribution in [2.24, 2.45) is 0 Å². The van der Waals surface area contributed by atoms with Crippen LogP contribution < -0.4 is 0 Å². The van der Waals surface area contributed by atoms with Crippen molar-refractivity contribution in [2.45, 2.75) is 96.8 Å². The molecule has 0 aromatic carbocycles. The Morgan fingerprint density at radius 1 is 0.571 bits per heavy atom. The molecule has 0 radical (unpaired) electrons. The number of phosphoric ester groups is 1. The molecule has 0 N–H and O–H groups in total. The Bertz CT molecular complexity index is 566. The Kier molecular flexibility index (Phi) is 23.2. The van der Waals surface area contributed by atoms with Gasteiger partial charge < -0.3 is 9.47 Å². The number of hydrogen-bond acceptors (Lipinski definition) is 8. The summed E-state index contributed by atoms with van der Waals surface area (Å²) in [7, 11) is -3.56. The van der Waals surface area contributed by atoms with Gasteiger partial charge in [0, 0.05) is 12.2 Å². The van der Waals surface area contributed by atoms with E-state index in [2.05, 4.69) is 20.1 Å². The van der Waals surface area contributed by atoms with Gasteiger partial charge in [0.15, 0.2) is 0 Å². The van der Waals surface area contributed by atoms with Gasteiger partial charge in [0.25, 0.3) is 0 Å². The summed E-state index contributed by atoms with van der Waals surface area (Å²) < 4.78 is 39.6. The third kappa shape index (κ3) is 22.7. The highest BCUT2D eigenvalue weighted by Crippen LogP contribution is 2.50. The summed E-state index contributed by atoms with van der Waals surface area (Å²) in [4.78, 5) is 22.0. The van der Waals surface area contributed by atoms with Gasteiger partial charge in [-0.05, 0) is 32.1 Å². The first-order valence-corrected chi connectivity index (χ1v) is 14.6. The van der Waals surface area contributed by atoms with E-state index in [1.807, 2.05) is 0 Å². The quantitative estimate of drug-likeness (QED) is 0.0518. The van der Waals surface area contributed by atoms with Crippen molar-refractivity contribution in [1.82, 2.24) is 0 Å². The van der Waals surface area contributed by atoms with E-state index in [0.29, 0.717) is 33.0 Å². The molecule has 0 aliphatic rings. The number of carbonyl (C=O) groups is 2. The Morgan fingerprint density at radius 3 is 1.23 bits per heavy atom. The standard InChI is InChI=1S/C26H47O8P/c1-4-7-8-17-22-32-35(29,33-23-18-13-9-11-15-20-30-25(27)5-2)34-24-19-14-10-12-16-21-31-26(28)6-3/h5-6H,2-4,7-24H2,1H3. The molecule has 0 rings (SSSR count). The second kappa shape index (κ2) is 24.2. The number of hydrogen-bond donors (Lipinski definition) is 0. The zero-order valence-electron chi connectivity index (χ0n) is 21.7. The predicted molar refractivity (Wildman–Crippen MR) is 138 cm³/mol. The van der Waals surface area contributed by atoms with E-state index in [-0.39, 0.29) is 0 Å². The van der Waals surface area contributed by atoms with Crippen molar-refractivity contribution >= 4 is 19.8 Å². The SMILES string of the molecule is C=CC(=O)OCCCCCCCOP(=O)(OCCCCCC)OCCCCCCCOC(=O)C=C. The topological polar surface area (TPSA) is 97.4 Å². The van der Waals surface area contributed by atoms with Crippen LogP contribution in [0.25, 0.3) is 0 Å². The molecule has 0 fully saturated rings. The molecule has 0 unspecified atom stereocenters. The molecule has 0 saturated carbocycles. The lowest BCUT2D eigenvalue weighted by atomic mass is 10.1. The van der Waals surface area contributed by atoms with Crippen molar-refractivity contribution in [3.05, 3.63) is 25.3 Å². The zero-order valence-corrected chi connectivity index (χ0v) is 22.6. The summed E-state index contributed by atoms with van der Waals surface area (Å²) in [6.45, 7) is 10.7. The summed E-state index contributed by atoms with van der Waals surface area (Å²) >= 11 is 0. The fourth-order valence-corrected chi connectivity index (χ4v) is 4.38. The highest BCUT2D eigenvalue weighted by atomic mass is 31.2. The average Bonchev–Trinajstić information content (AvgIpc) is 2.86. The zero-order chi connectivity index (χ0) is 26.0. The largest absolute Gasteiger partial charge is 0.474 e. The van der Waals surface area contributed by atoms with Crippen LogP contribution in [0.15, 0.2) is 25.3 Å². The van der Waals surface area contributed by atoms with Gasteiger partial charge in [-0.25, -0.2) is 14.2 Å². The maximum absolute atomic E-state index is 13.0. The molecule has 35 heavy (non-hydrogen) atoms. The molecule has 8 nitrogen and oxygen atoms in total. The smallest absolute Gasteiger partial charge is 0.463 e. The van der Waals surface area contributed by atoms with E-state index in [1.54, 1.807) is 0 Å². The van der Waals surface area contributed by atoms with Crippen LogP contribution in [0.1, 0.15) is 96.8 Å². The number of rotatable bonds is 26. The molecule has 0 aromatic heterocycles. The van der Waals surface area contributed by atoms with Crippen molar-refractivity contribution in [3.63, 3.8) is 0 Å². The number of esters is 2. The first-order valence-electron chi connectivity index (χ1n) is 13.1. The highest BCUT2D eigenvalue weighted by Gasteiger charge is 2.26. The maximum Gasteiger partial charge on any atom is 0.474 e. The van der Waals surface area contributed by atoms with Crippen molar-refractivity contribution in [1.29, 1.82) is 0 Å². The molecule has 0 aromatic rings. The van der Waals surface area contributed by atoms with Crippen LogP contribution in [-0.2, 0) is 37.2 Å². The molecule has 0 bridgehead atoms. The number of carbonyl (C=O) groups excluding carboxylic acids is 2. The van der Waals surface area contributed by atoms with E-state index in [0.717, 1.165) is 102 Å². The second-order valence-electron chi connectivity index (χ2n) is 8.29. The van der Waals surface area contributed by atoms with Gasteiger partial charge in [-0.1, -0.05) is 77.9 Å². The summed E-state index contributed by atoms with van der Waals surface area (Å²) in [6.07, 6.45) is 15.3. The van der Waals surface area contributed by atoms with E-state index >= 15 is 0 Å². The van der Waals surface area contributed by atoms with E-state index < -0.39 is 19.8 Å². The Labute approximate surface area is 212 Å². The van der Waals surface area contributed by atoms with Crippen LogP contribution in [0.4, 0.5) is 0 Å². The minimum atomic E-state index is -3.56. The molecule has 0 aliphatic heterocycles. The minimum absolute atomic E-state index is 0.321. The lowest BCUT2D eigenvalue weighted by molar-refractivity contribution is -0.138. The Morgan fingerprint density at radius 2 is 0.886 bits per heavy atom. The summed E-state index contributed by atoms with van der Waals surface area (Å²) in [6, 6.07) is 0. The third-order valence-corrected chi connectivity index (χ3v) is 6.64. The average molecular weight is 519 g/mol. The molecule has 204 valence electrons. The molecular formula is C26H47O8P. The van der Waals surface area contributed by atoms with Crippen LogP contribution in [-0.4, -0.2) is 45.0 Å². The van der Waals surface area contributed by atoms with Crippen LogP contribution in [0.2, 0.25) is 0 Å². The van der Waals surface area contributed by atoms with Gasteiger partial charge in [-0.15, -0.1) is 0 Å². The van der Waals surface area contributed by atoms with Crippen LogP contribution in [0.5, 0.6) is 0 Å². The van der Waals surface area contributed by atoms with Crippen molar-refractivity contribution < 1.29 is 37.2 Å². The van der Waals surface area contributed by atoms with Gasteiger partial charge in [0.2, 0.25) is 0 Å². The molecule has 0 amide bonds. The Hall–Kier alpha value is -1.47. The summed E-state index contributed by atoms with van der Waals surface area (Å²) in [5.74, 6) is -0.786. The van der Waals surface area contributed by atoms with Gasteiger partial charge >= 0.3 is 19.8 Å². The summed E-state index contributed by atoms with van der Waals surface area (Å²) in [5, 5.41) is 0. The molecule has 0 saturated heterocycles. The van der Waals surface area contributed by atoms with Crippen LogP contribution in [0.3, 0.4) is 0 Å². The first-order chi connectivity index (χ1) is 17.0. The highest BCUT2D eigenvalue weighted by molar-refractivity contribution is 7.48. The van der Waals surface area contributed by atoms with Gasteiger partial charge in [-0.3, -0.25) is 13.6 Å². The lowest BCUT2D eigenvalue weighted by Crippen LogP contribution is -2.05. The van der Waals surface area contributed by atoms with Crippen LogP contribution >= 0.6 is 7.82 Å². The molecule has 9 heteroatoms. The second-order valence-corrected chi connectivity index (χ2v) is 9.96. The van der Waals surface area contributed by atoms with Gasteiger partial charge in [0.1, 0.15) is 0 Å². The normalized spacial score (nSPS) is 11.2. The van der Waals surface area contributed by atoms with Crippen molar-refractivity contribution in [3.8, 4) is 0 Å². The number of unbranched alkanes of at least 4 members (excludes halogenated alkanes) is 11. The minimum Gasteiger partial charge on any atom is -0.463 e. The molecule has 0 aliphatic carbocycles. The van der Waals surface area contributed by atoms with E-state index in [1.165, 1.54) is 0 Å². The molecule has 0 spiro atoms. The first kappa shape index (κ1) is 33.5. The van der Waals surface area contributed by atoms with Crippen LogP contribution in [0, 0.1) is 0 Å². The number of phosphoric acid groups is 1. The monoisotopic (exact) mass is 518 g/mol. The molecule has 0 heterocycles. The predicted octanol–water partition coefficient (Wildman–Crippen LogP) is 7.08.